The van der Waals surface area contributed by atoms with Crippen LogP contribution in [0.25, 0.3) is 0 Å². The highest BCUT2D eigenvalue weighted by Crippen LogP contribution is 2.61. The van der Waals surface area contributed by atoms with Crippen molar-refractivity contribution >= 4 is 33.5 Å². The van der Waals surface area contributed by atoms with Gasteiger partial charge in [0.25, 0.3) is 5.91 Å². The number of esters is 1. The second kappa shape index (κ2) is 6.52. The van der Waals surface area contributed by atoms with E-state index in [1.165, 1.54) is 0 Å². The Labute approximate surface area is 188 Å². The Hall–Kier alpha value is -2.96. The molecule has 6 heteroatoms. The van der Waals surface area contributed by atoms with Crippen LogP contribution < -0.4 is 15.0 Å². The van der Waals surface area contributed by atoms with Gasteiger partial charge in [-0.3, -0.25) is 14.9 Å². The summed E-state index contributed by atoms with van der Waals surface area (Å²) in [5.74, 6) is -0.767. The van der Waals surface area contributed by atoms with E-state index in [0.29, 0.717) is 5.75 Å². The smallest absolute Gasteiger partial charge is 0.317 e. The van der Waals surface area contributed by atoms with Crippen LogP contribution in [-0.4, -0.2) is 18.9 Å². The highest BCUT2D eigenvalue weighted by Gasteiger charge is 2.67. The number of carbonyl (C=O) groups is 2. The van der Waals surface area contributed by atoms with Crippen molar-refractivity contribution in [3.63, 3.8) is 0 Å². The molecule has 0 aliphatic carbocycles. The molecular formula is C25H19BrN2O3. The van der Waals surface area contributed by atoms with E-state index in [9.17, 15) is 9.59 Å². The van der Waals surface area contributed by atoms with Gasteiger partial charge in [0.1, 0.15) is 11.3 Å². The zero-order valence-electron chi connectivity index (χ0n) is 16.7. The lowest BCUT2D eigenvalue weighted by atomic mass is 9.70. The molecule has 1 saturated heterocycles. The van der Waals surface area contributed by atoms with Gasteiger partial charge in [0.05, 0.1) is 5.92 Å². The Kier molecular flexibility index (Phi) is 3.95. The molecule has 0 radical (unpaired) electrons. The first-order valence-corrected chi connectivity index (χ1v) is 11.0. The summed E-state index contributed by atoms with van der Waals surface area (Å²) in [6, 6.07) is 22.8. The van der Waals surface area contributed by atoms with Crippen molar-refractivity contribution in [3.8, 4) is 5.75 Å². The Balaban J connectivity index is 1.66. The normalized spacial score (nSPS) is 28.3. The molecule has 3 aromatic carbocycles. The number of nitrogens with one attached hydrogen (secondary N) is 1. The number of hydrogen-bond acceptors (Lipinski definition) is 4. The van der Waals surface area contributed by atoms with E-state index in [0.717, 1.165) is 26.9 Å². The minimum atomic E-state index is -1.05. The zero-order chi connectivity index (χ0) is 21.3. The van der Waals surface area contributed by atoms with Crippen molar-refractivity contribution in [1.29, 1.82) is 0 Å². The lowest BCUT2D eigenvalue weighted by Crippen LogP contribution is -2.50. The highest BCUT2D eigenvalue weighted by atomic mass is 79.9. The van der Waals surface area contributed by atoms with Crippen LogP contribution in [0.5, 0.6) is 5.75 Å². The summed E-state index contributed by atoms with van der Waals surface area (Å²) in [6.45, 7) is 0. The summed E-state index contributed by atoms with van der Waals surface area (Å²) in [5.41, 5.74) is 2.53. The molecule has 1 amide bonds. The Morgan fingerprint density at radius 3 is 2.42 bits per heavy atom. The molecule has 3 heterocycles. The number of fused-ring (bicyclic) bond motifs is 6. The number of rotatable bonds is 1. The molecule has 1 fully saturated rings. The van der Waals surface area contributed by atoms with Gasteiger partial charge in [-0.15, -0.1) is 0 Å². The van der Waals surface area contributed by atoms with Crippen molar-refractivity contribution in [3.05, 3.63) is 94.0 Å². The molecule has 0 unspecified atom stereocenters. The Morgan fingerprint density at radius 1 is 0.935 bits per heavy atom. The SMILES string of the molecule is CN1C(=O)[C@]2(N[C@H](c3ccccc3Br)[C@H]3C(=O)Oc4ccccc4[C@H]32)c2ccccc21. The molecule has 154 valence electrons. The molecule has 3 aliphatic heterocycles. The van der Waals surface area contributed by atoms with Gasteiger partial charge >= 0.3 is 5.97 Å². The van der Waals surface area contributed by atoms with Gasteiger partial charge in [-0.2, -0.15) is 0 Å². The second-order valence-corrected chi connectivity index (χ2v) is 9.15. The van der Waals surface area contributed by atoms with E-state index in [1.807, 2.05) is 66.7 Å². The summed E-state index contributed by atoms with van der Waals surface area (Å²) < 4.78 is 6.66. The largest absolute Gasteiger partial charge is 0.426 e. The van der Waals surface area contributed by atoms with Crippen LogP contribution in [0.15, 0.2) is 77.3 Å². The van der Waals surface area contributed by atoms with E-state index in [1.54, 1.807) is 18.0 Å². The fourth-order valence-electron chi connectivity index (χ4n) is 5.62. The van der Waals surface area contributed by atoms with Crippen molar-refractivity contribution in [2.75, 3.05) is 11.9 Å². The van der Waals surface area contributed by atoms with Crippen molar-refractivity contribution in [1.82, 2.24) is 5.32 Å². The molecule has 4 atom stereocenters. The van der Waals surface area contributed by atoms with Crippen LogP contribution >= 0.6 is 15.9 Å². The fraction of sp³-hybridized carbons (Fsp3) is 0.200. The lowest BCUT2D eigenvalue weighted by Gasteiger charge is -2.35. The number of nitrogens with zero attached hydrogens (tertiary/aromatic N) is 1. The molecule has 5 nitrogen and oxygen atoms in total. The number of hydrogen-bond donors (Lipinski definition) is 1. The number of amides is 1. The fourth-order valence-corrected chi connectivity index (χ4v) is 6.15. The lowest BCUT2D eigenvalue weighted by molar-refractivity contribution is -0.141. The second-order valence-electron chi connectivity index (χ2n) is 8.30. The average Bonchev–Trinajstić information content (AvgIpc) is 3.25. The van der Waals surface area contributed by atoms with Gasteiger partial charge < -0.3 is 9.64 Å². The van der Waals surface area contributed by atoms with E-state index < -0.39 is 11.5 Å². The van der Waals surface area contributed by atoms with Crippen molar-refractivity contribution < 1.29 is 14.3 Å². The molecule has 31 heavy (non-hydrogen) atoms. The summed E-state index contributed by atoms with van der Waals surface area (Å²) in [6.07, 6.45) is 0. The van der Waals surface area contributed by atoms with Crippen molar-refractivity contribution in [2.24, 2.45) is 5.92 Å². The molecular weight excluding hydrogens is 456 g/mol. The molecule has 1 spiro atoms. The summed E-state index contributed by atoms with van der Waals surface area (Å²) in [5, 5.41) is 3.65. The zero-order valence-corrected chi connectivity index (χ0v) is 18.3. The van der Waals surface area contributed by atoms with E-state index in [2.05, 4.69) is 21.2 Å². The van der Waals surface area contributed by atoms with Crippen LogP contribution in [0.2, 0.25) is 0 Å². The van der Waals surface area contributed by atoms with E-state index in [-0.39, 0.29) is 23.8 Å². The third-order valence-corrected chi connectivity index (χ3v) is 7.60. The number of benzene rings is 3. The van der Waals surface area contributed by atoms with E-state index >= 15 is 0 Å². The van der Waals surface area contributed by atoms with Gasteiger partial charge in [0.2, 0.25) is 0 Å². The first-order chi connectivity index (χ1) is 15.0. The summed E-state index contributed by atoms with van der Waals surface area (Å²) >= 11 is 3.64. The quantitative estimate of drug-likeness (QED) is 0.422. The first-order valence-electron chi connectivity index (χ1n) is 10.2. The van der Waals surface area contributed by atoms with Gasteiger partial charge in [-0.05, 0) is 23.8 Å². The molecule has 3 aromatic rings. The van der Waals surface area contributed by atoms with E-state index in [4.69, 9.17) is 4.74 Å². The average molecular weight is 475 g/mol. The van der Waals surface area contributed by atoms with Gasteiger partial charge in [-0.25, -0.2) is 0 Å². The van der Waals surface area contributed by atoms with Crippen LogP contribution in [0.3, 0.4) is 0 Å². The minimum absolute atomic E-state index is 0.0530. The van der Waals surface area contributed by atoms with Gasteiger partial charge in [0.15, 0.2) is 0 Å². The molecule has 0 aromatic heterocycles. The maximum Gasteiger partial charge on any atom is 0.317 e. The molecule has 0 bridgehead atoms. The number of para-hydroxylation sites is 2. The first kappa shape index (κ1) is 18.8. The van der Waals surface area contributed by atoms with Crippen LogP contribution in [-0.2, 0) is 15.1 Å². The number of anilines is 1. The standard InChI is InChI=1S/C25H19BrN2O3/c1-28-18-12-6-4-10-16(18)25(24(28)30)21-15-9-3-7-13-19(15)31-23(29)20(21)22(27-25)14-8-2-5-11-17(14)26/h2-13,20-22,27H,1H3/t20-,21+,22+,25-/m0/s1. The monoisotopic (exact) mass is 474 g/mol. The van der Waals surface area contributed by atoms with Crippen LogP contribution in [0.4, 0.5) is 5.69 Å². The molecule has 3 aliphatic rings. The maximum atomic E-state index is 13.9. The predicted molar refractivity (Wildman–Crippen MR) is 120 cm³/mol. The Morgan fingerprint density at radius 2 is 1.61 bits per heavy atom. The predicted octanol–water partition coefficient (Wildman–Crippen LogP) is 4.28. The molecule has 0 saturated carbocycles. The number of halogens is 1. The third kappa shape index (κ3) is 2.34. The van der Waals surface area contributed by atoms with Crippen molar-refractivity contribution in [2.45, 2.75) is 17.5 Å². The third-order valence-electron chi connectivity index (χ3n) is 6.88. The summed E-state index contributed by atoms with van der Waals surface area (Å²) in [4.78, 5) is 29.0. The summed E-state index contributed by atoms with van der Waals surface area (Å²) in [7, 11) is 1.80. The van der Waals surface area contributed by atoms with Gasteiger partial charge in [-0.1, -0.05) is 70.5 Å². The molecule has 6 rings (SSSR count). The van der Waals surface area contributed by atoms with Crippen LogP contribution in [0.1, 0.15) is 28.7 Å². The Bertz CT molecular complexity index is 1260. The number of carbonyl (C=O) groups excluding carboxylic acids is 2. The highest BCUT2D eigenvalue weighted by molar-refractivity contribution is 9.10. The molecule has 1 N–H and O–H groups in total. The number of likely N-dealkylation sites (N-methyl/N-ethyl adjacent to an activating group) is 1. The topological polar surface area (TPSA) is 58.6 Å². The van der Waals surface area contributed by atoms with Crippen LogP contribution in [0, 0.1) is 5.92 Å². The maximum absolute atomic E-state index is 13.9. The minimum Gasteiger partial charge on any atom is -0.426 e. The van der Waals surface area contributed by atoms with Gasteiger partial charge in [0, 0.05) is 40.3 Å². The number of ether oxygens (including phenoxy) is 1.